The van der Waals surface area contributed by atoms with E-state index in [0.717, 1.165) is 32.0 Å². The van der Waals surface area contributed by atoms with Gasteiger partial charge in [0.05, 0.1) is 19.3 Å². The van der Waals surface area contributed by atoms with E-state index < -0.39 is 0 Å². The van der Waals surface area contributed by atoms with Crippen LogP contribution in [0.2, 0.25) is 0 Å². The molecule has 3 rings (SSSR count). The van der Waals surface area contributed by atoms with Crippen molar-refractivity contribution in [3.05, 3.63) is 65.2 Å². The number of morpholine rings is 1. The molecule has 4 nitrogen and oxygen atoms in total. The van der Waals surface area contributed by atoms with Crippen molar-refractivity contribution in [2.45, 2.75) is 32.9 Å². The third kappa shape index (κ3) is 5.06. The van der Waals surface area contributed by atoms with Crippen molar-refractivity contribution < 1.29 is 4.74 Å². The van der Waals surface area contributed by atoms with Crippen molar-refractivity contribution in [1.82, 2.24) is 10.2 Å². The van der Waals surface area contributed by atoms with E-state index in [9.17, 15) is 0 Å². The number of hydrogen-bond acceptors (Lipinski definition) is 3. The van der Waals surface area contributed by atoms with Gasteiger partial charge in [-0.1, -0.05) is 42.5 Å². The first kappa shape index (κ1) is 19.8. The van der Waals surface area contributed by atoms with Gasteiger partial charge in [-0.05, 0) is 55.7 Å². The standard InChI is InChI=1S/C22H29N3OS/c1-16-8-7-11-20(17(16)2)24-22(27)23-18(3)21(19-9-5-4-6-10-19)25-12-14-26-15-13-25/h4-11,18,21H,12-15H2,1-3H3,(H2,23,24,27)/t18-,21+/m1/s1. The Morgan fingerprint density at radius 1 is 1.04 bits per heavy atom. The van der Waals surface area contributed by atoms with E-state index in [1.54, 1.807) is 0 Å². The molecule has 1 aliphatic rings. The molecule has 0 bridgehead atoms. The van der Waals surface area contributed by atoms with Crippen LogP contribution in [0.25, 0.3) is 0 Å². The van der Waals surface area contributed by atoms with Crippen molar-refractivity contribution in [1.29, 1.82) is 0 Å². The predicted molar refractivity (Wildman–Crippen MR) is 116 cm³/mol. The van der Waals surface area contributed by atoms with Gasteiger partial charge in [0.15, 0.2) is 5.11 Å². The third-order valence-corrected chi connectivity index (χ3v) is 5.49. The van der Waals surface area contributed by atoms with Gasteiger partial charge in [0.1, 0.15) is 0 Å². The average molecular weight is 384 g/mol. The number of hydrogen-bond donors (Lipinski definition) is 2. The van der Waals surface area contributed by atoms with Crippen LogP contribution in [0.1, 0.15) is 29.7 Å². The van der Waals surface area contributed by atoms with E-state index in [1.807, 2.05) is 0 Å². The molecule has 5 heteroatoms. The van der Waals surface area contributed by atoms with Crippen LogP contribution in [-0.2, 0) is 4.74 Å². The molecule has 0 spiro atoms. The van der Waals surface area contributed by atoms with Gasteiger partial charge in [-0.3, -0.25) is 4.90 Å². The number of anilines is 1. The smallest absolute Gasteiger partial charge is 0.171 e. The Morgan fingerprint density at radius 3 is 2.44 bits per heavy atom. The monoisotopic (exact) mass is 383 g/mol. The molecule has 144 valence electrons. The summed E-state index contributed by atoms with van der Waals surface area (Å²) in [6, 6.07) is 17.3. The summed E-state index contributed by atoms with van der Waals surface area (Å²) in [4.78, 5) is 2.48. The number of nitrogens with zero attached hydrogens (tertiary/aromatic N) is 1. The molecule has 27 heavy (non-hydrogen) atoms. The molecule has 2 N–H and O–H groups in total. The van der Waals surface area contributed by atoms with E-state index in [4.69, 9.17) is 17.0 Å². The highest BCUT2D eigenvalue weighted by Gasteiger charge is 2.28. The summed E-state index contributed by atoms with van der Waals surface area (Å²) in [5, 5.41) is 7.53. The van der Waals surface area contributed by atoms with Crippen LogP contribution in [-0.4, -0.2) is 42.4 Å². The summed E-state index contributed by atoms with van der Waals surface area (Å²) >= 11 is 5.62. The minimum atomic E-state index is 0.163. The van der Waals surface area contributed by atoms with Gasteiger partial charge in [0.25, 0.3) is 0 Å². The number of rotatable bonds is 5. The minimum absolute atomic E-state index is 0.163. The summed E-state index contributed by atoms with van der Waals surface area (Å²) in [6.07, 6.45) is 0. The van der Waals surface area contributed by atoms with Gasteiger partial charge < -0.3 is 15.4 Å². The maximum atomic E-state index is 5.62. The van der Waals surface area contributed by atoms with E-state index in [2.05, 4.69) is 84.8 Å². The SMILES string of the molecule is Cc1cccc(NC(=S)N[C@H](C)[C@@H](c2ccccc2)N2CCOCC2)c1C. The van der Waals surface area contributed by atoms with Crippen molar-refractivity contribution in [2.75, 3.05) is 31.6 Å². The molecule has 1 aliphatic heterocycles. The maximum Gasteiger partial charge on any atom is 0.171 e. The summed E-state index contributed by atoms with van der Waals surface area (Å²) in [7, 11) is 0. The van der Waals surface area contributed by atoms with Crippen molar-refractivity contribution in [3.63, 3.8) is 0 Å². The Morgan fingerprint density at radius 2 is 1.74 bits per heavy atom. The predicted octanol–water partition coefficient (Wildman–Crippen LogP) is 4.05. The largest absolute Gasteiger partial charge is 0.379 e. The molecule has 2 aromatic rings. The first-order valence-corrected chi connectivity index (χ1v) is 9.97. The minimum Gasteiger partial charge on any atom is -0.379 e. The van der Waals surface area contributed by atoms with Gasteiger partial charge in [-0.25, -0.2) is 0 Å². The summed E-state index contributed by atoms with van der Waals surface area (Å²) in [6.45, 7) is 9.85. The van der Waals surface area contributed by atoms with Crippen LogP contribution in [0.5, 0.6) is 0 Å². The first-order valence-electron chi connectivity index (χ1n) is 9.56. The van der Waals surface area contributed by atoms with Crippen molar-refractivity contribution >= 4 is 23.0 Å². The highest BCUT2D eigenvalue weighted by Crippen LogP contribution is 2.25. The number of aryl methyl sites for hydroxylation is 1. The zero-order chi connectivity index (χ0) is 19.2. The average Bonchev–Trinajstić information content (AvgIpc) is 2.67. The molecule has 1 heterocycles. The van der Waals surface area contributed by atoms with Gasteiger partial charge in [-0.2, -0.15) is 0 Å². The Kier molecular flexibility index (Phi) is 6.83. The molecule has 0 amide bonds. The van der Waals surface area contributed by atoms with Crippen molar-refractivity contribution in [3.8, 4) is 0 Å². The molecule has 1 saturated heterocycles. The fourth-order valence-electron chi connectivity index (χ4n) is 3.65. The second-order valence-electron chi connectivity index (χ2n) is 7.14. The Bertz CT molecular complexity index is 759. The number of ether oxygens (including phenoxy) is 1. The second-order valence-corrected chi connectivity index (χ2v) is 7.55. The molecule has 2 atom stereocenters. The molecular formula is C22H29N3OS. The van der Waals surface area contributed by atoms with Crippen LogP contribution in [0.4, 0.5) is 5.69 Å². The zero-order valence-electron chi connectivity index (χ0n) is 16.4. The number of benzene rings is 2. The van der Waals surface area contributed by atoms with Gasteiger partial charge >= 0.3 is 0 Å². The van der Waals surface area contributed by atoms with Crippen LogP contribution in [0, 0.1) is 13.8 Å². The van der Waals surface area contributed by atoms with Gasteiger partial charge in [0.2, 0.25) is 0 Å². The quantitative estimate of drug-likeness (QED) is 0.762. The van der Waals surface area contributed by atoms with Crippen LogP contribution < -0.4 is 10.6 Å². The first-order chi connectivity index (χ1) is 13.1. The fraction of sp³-hybridized carbons (Fsp3) is 0.409. The molecular weight excluding hydrogens is 354 g/mol. The highest BCUT2D eigenvalue weighted by atomic mass is 32.1. The Balaban J connectivity index is 1.72. The van der Waals surface area contributed by atoms with Gasteiger partial charge in [0, 0.05) is 24.8 Å². The molecule has 0 radical (unpaired) electrons. The highest BCUT2D eigenvalue weighted by molar-refractivity contribution is 7.80. The Labute approximate surface area is 167 Å². The third-order valence-electron chi connectivity index (χ3n) is 5.27. The zero-order valence-corrected chi connectivity index (χ0v) is 17.2. The van der Waals surface area contributed by atoms with Crippen LogP contribution in [0.3, 0.4) is 0 Å². The lowest BCUT2D eigenvalue weighted by Crippen LogP contribution is -2.49. The fourth-order valence-corrected chi connectivity index (χ4v) is 3.95. The normalized spacial score (nSPS) is 17.1. The van der Waals surface area contributed by atoms with Crippen molar-refractivity contribution in [2.24, 2.45) is 0 Å². The molecule has 1 fully saturated rings. The summed E-state index contributed by atoms with van der Waals surface area (Å²) < 4.78 is 5.55. The second kappa shape index (κ2) is 9.31. The van der Waals surface area contributed by atoms with E-state index in [1.165, 1.54) is 16.7 Å². The number of thiocarbonyl (C=S) groups is 1. The Hall–Kier alpha value is -1.95. The van der Waals surface area contributed by atoms with E-state index in [0.29, 0.717) is 5.11 Å². The molecule has 2 aromatic carbocycles. The van der Waals surface area contributed by atoms with Crippen LogP contribution >= 0.6 is 12.2 Å². The molecule has 0 saturated carbocycles. The summed E-state index contributed by atoms with van der Waals surface area (Å²) in [5.74, 6) is 0. The lowest BCUT2D eigenvalue weighted by molar-refractivity contribution is 0.0102. The molecule has 0 unspecified atom stereocenters. The van der Waals surface area contributed by atoms with Crippen LogP contribution in [0.15, 0.2) is 48.5 Å². The summed E-state index contributed by atoms with van der Waals surface area (Å²) in [5.41, 5.74) is 4.84. The maximum absolute atomic E-state index is 5.62. The van der Waals surface area contributed by atoms with E-state index >= 15 is 0 Å². The topological polar surface area (TPSA) is 36.5 Å². The molecule has 0 aromatic heterocycles. The lowest BCUT2D eigenvalue weighted by atomic mass is 9.98. The van der Waals surface area contributed by atoms with Gasteiger partial charge in [-0.15, -0.1) is 0 Å². The van der Waals surface area contributed by atoms with E-state index in [-0.39, 0.29) is 12.1 Å². The molecule has 0 aliphatic carbocycles. The lowest BCUT2D eigenvalue weighted by Gasteiger charge is -2.38. The number of nitrogens with one attached hydrogen (secondary N) is 2.